The molecule has 32 heavy (non-hydrogen) atoms. The molecule has 0 aliphatic carbocycles. The van der Waals surface area contributed by atoms with Crippen molar-refractivity contribution in [3.05, 3.63) is 67.0 Å². The fourth-order valence-corrected chi connectivity index (χ4v) is 3.36. The topological polar surface area (TPSA) is 103 Å². The monoisotopic (exact) mass is 439 g/mol. The maximum absolute atomic E-state index is 12.9. The summed E-state index contributed by atoms with van der Waals surface area (Å²) in [4.78, 5) is 38.5. The number of likely N-dealkylation sites (tertiary alicyclic amines) is 1. The van der Waals surface area contributed by atoms with Crippen LogP contribution in [0.15, 0.2) is 61.2 Å². The van der Waals surface area contributed by atoms with Gasteiger partial charge in [0, 0.05) is 36.7 Å². The van der Waals surface area contributed by atoms with Crippen LogP contribution < -0.4 is 21.3 Å². The molecule has 168 valence electrons. The molecule has 1 aliphatic rings. The zero-order valence-electron chi connectivity index (χ0n) is 17.6. The lowest BCUT2D eigenvalue weighted by Crippen LogP contribution is -2.46. The molecule has 0 aromatic heterocycles. The summed E-state index contributed by atoms with van der Waals surface area (Å²) in [6.07, 6.45) is 3.12. The molecule has 4 N–H and O–H groups in total. The van der Waals surface area contributed by atoms with Crippen LogP contribution in [-0.4, -0.2) is 42.5 Å². The Hall–Kier alpha value is -3.88. The van der Waals surface area contributed by atoms with Crippen LogP contribution in [0, 0.1) is 11.7 Å². The molecule has 2 aromatic rings. The molecule has 3 rings (SSSR count). The van der Waals surface area contributed by atoms with E-state index < -0.39 is 6.03 Å². The van der Waals surface area contributed by atoms with Gasteiger partial charge >= 0.3 is 12.1 Å². The van der Waals surface area contributed by atoms with Crippen LogP contribution in [0.2, 0.25) is 0 Å². The Bertz CT molecular complexity index is 963. The molecule has 1 atom stereocenters. The number of urea groups is 2. The van der Waals surface area contributed by atoms with Gasteiger partial charge in [-0.3, -0.25) is 4.79 Å². The van der Waals surface area contributed by atoms with E-state index in [4.69, 9.17) is 0 Å². The predicted molar refractivity (Wildman–Crippen MR) is 122 cm³/mol. The van der Waals surface area contributed by atoms with E-state index in [0.717, 1.165) is 12.8 Å². The Morgan fingerprint density at radius 1 is 0.969 bits per heavy atom. The number of halogens is 1. The summed E-state index contributed by atoms with van der Waals surface area (Å²) in [5.41, 5.74) is 1.56. The summed E-state index contributed by atoms with van der Waals surface area (Å²) in [5.74, 6) is -0.693. The summed E-state index contributed by atoms with van der Waals surface area (Å²) in [6.45, 7) is 4.93. The van der Waals surface area contributed by atoms with E-state index in [-0.39, 0.29) is 23.7 Å². The van der Waals surface area contributed by atoms with Gasteiger partial charge < -0.3 is 26.2 Å². The van der Waals surface area contributed by atoms with Gasteiger partial charge in [0.05, 0.1) is 5.92 Å². The molecule has 1 fully saturated rings. The van der Waals surface area contributed by atoms with Crippen LogP contribution in [0.4, 0.5) is 31.0 Å². The lowest BCUT2D eigenvalue weighted by Gasteiger charge is -2.32. The van der Waals surface area contributed by atoms with Gasteiger partial charge in [0.2, 0.25) is 5.91 Å². The number of nitrogens with zero attached hydrogens (tertiary/aromatic N) is 1. The van der Waals surface area contributed by atoms with Crippen LogP contribution in [0.1, 0.15) is 12.8 Å². The minimum absolute atomic E-state index is 0.0725. The van der Waals surface area contributed by atoms with Gasteiger partial charge in [0.25, 0.3) is 0 Å². The number of rotatable bonds is 6. The number of nitrogens with one attached hydrogen (secondary N) is 4. The average Bonchev–Trinajstić information content (AvgIpc) is 2.80. The minimum atomic E-state index is -0.470. The molecule has 1 saturated heterocycles. The normalized spacial score (nSPS) is 15.4. The molecule has 2 aromatic carbocycles. The summed E-state index contributed by atoms with van der Waals surface area (Å²) >= 11 is 0. The van der Waals surface area contributed by atoms with E-state index in [2.05, 4.69) is 27.8 Å². The van der Waals surface area contributed by atoms with Gasteiger partial charge in [-0.05, 0) is 61.4 Å². The van der Waals surface area contributed by atoms with E-state index in [1.807, 2.05) is 0 Å². The first kappa shape index (κ1) is 22.8. The van der Waals surface area contributed by atoms with Gasteiger partial charge in [-0.2, -0.15) is 0 Å². The maximum Gasteiger partial charge on any atom is 0.323 e. The molecular weight excluding hydrogens is 413 g/mol. The molecule has 0 bridgehead atoms. The lowest BCUT2D eigenvalue weighted by molar-refractivity contribution is -0.126. The first-order valence-corrected chi connectivity index (χ1v) is 10.3. The molecule has 5 amide bonds. The molecule has 0 radical (unpaired) electrons. The van der Waals surface area contributed by atoms with Crippen molar-refractivity contribution in [2.45, 2.75) is 12.8 Å². The van der Waals surface area contributed by atoms with Crippen molar-refractivity contribution in [3.63, 3.8) is 0 Å². The summed E-state index contributed by atoms with van der Waals surface area (Å²) in [6, 6.07) is 11.3. The fourth-order valence-electron chi connectivity index (χ4n) is 3.36. The standard InChI is InChI=1S/C23H26FN5O3/c1-2-13-25-21(30)16-4-3-14-29(15-16)23(32)28-20-11-9-19(10-12-20)27-22(31)26-18-7-5-17(24)6-8-18/h2,5-12,16H,1,3-4,13-15H2,(H,25,30)(H,28,32)(H2,26,27,31)/t16-/m1/s1. The zero-order valence-corrected chi connectivity index (χ0v) is 17.6. The Morgan fingerprint density at radius 3 is 2.12 bits per heavy atom. The van der Waals surface area contributed by atoms with E-state index in [1.165, 1.54) is 24.3 Å². The summed E-state index contributed by atoms with van der Waals surface area (Å²) in [5, 5.41) is 10.9. The van der Waals surface area contributed by atoms with Gasteiger partial charge in [-0.1, -0.05) is 6.08 Å². The Morgan fingerprint density at radius 2 is 1.53 bits per heavy atom. The highest BCUT2D eigenvalue weighted by Crippen LogP contribution is 2.19. The van der Waals surface area contributed by atoms with Crippen molar-refractivity contribution in [1.82, 2.24) is 10.2 Å². The molecule has 1 heterocycles. The molecule has 0 saturated carbocycles. The predicted octanol–water partition coefficient (Wildman–Crippen LogP) is 4.02. The Labute approximate surface area is 185 Å². The molecule has 0 unspecified atom stereocenters. The highest BCUT2D eigenvalue weighted by molar-refractivity contribution is 6.00. The lowest BCUT2D eigenvalue weighted by atomic mass is 9.97. The SMILES string of the molecule is C=CCNC(=O)[C@@H]1CCCN(C(=O)Nc2ccc(NC(=O)Nc3ccc(F)cc3)cc2)C1. The van der Waals surface area contributed by atoms with Crippen molar-refractivity contribution >= 4 is 35.0 Å². The molecular formula is C23H26FN5O3. The second kappa shape index (κ2) is 10.9. The number of anilines is 3. The number of piperidine rings is 1. The quantitative estimate of drug-likeness (QED) is 0.511. The van der Waals surface area contributed by atoms with Crippen molar-refractivity contribution in [2.75, 3.05) is 35.6 Å². The fraction of sp³-hybridized carbons (Fsp3) is 0.261. The van der Waals surface area contributed by atoms with E-state index in [1.54, 1.807) is 35.2 Å². The van der Waals surface area contributed by atoms with Crippen LogP contribution in [0.5, 0.6) is 0 Å². The first-order valence-electron chi connectivity index (χ1n) is 10.3. The van der Waals surface area contributed by atoms with Gasteiger partial charge in [-0.15, -0.1) is 6.58 Å². The number of amides is 5. The van der Waals surface area contributed by atoms with Gasteiger partial charge in [0.1, 0.15) is 5.82 Å². The first-order chi connectivity index (χ1) is 15.4. The van der Waals surface area contributed by atoms with Crippen LogP contribution >= 0.6 is 0 Å². The van der Waals surface area contributed by atoms with E-state index in [0.29, 0.717) is 36.7 Å². The van der Waals surface area contributed by atoms with Crippen molar-refractivity contribution in [3.8, 4) is 0 Å². The van der Waals surface area contributed by atoms with Gasteiger partial charge in [0.15, 0.2) is 0 Å². The highest BCUT2D eigenvalue weighted by Gasteiger charge is 2.28. The number of hydrogen-bond donors (Lipinski definition) is 4. The molecule has 1 aliphatic heterocycles. The van der Waals surface area contributed by atoms with E-state index >= 15 is 0 Å². The van der Waals surface area contributed by atoms with Crippen molar-refractivity contribution < 1.29 is 18.8 Å². The number of carbonyl (C=O) groups is 3. The van der Waals surface area contributed by atoms with Crippen LogP contribution in [0.3, 0.4) is 0 Å². The molecule has 9 heteroatoms. The highest BCUT2D eigenvalue weighted by atomic mass is 19.1. The van der Waals surface area contributed by atoms with Crippen LogP contribution in [0.25, 0.3) is 0 Å². The average molecular weight is 439 g/mol. The number of benzene rings is 2. The smallest absolute Gasteiger partial charge is 0.323 e. The second-order valence-electron chi connectivity index (χ2n) is 7.41. The largest absolute Gasteiger partial charge is 0.352 e. The molecule has 8 nitrogen and oxygen atoms in total. The Balaban J connectivity index is 1.49. The number of hydrogen-bond acceptors (Lipinski definition) is 3. The van der Waals surface area contributed by atoms with E-state index in [9.17, 15) is 18.8 Å². The minimum Gasteiger partial charge on any atom is -0.352 e. The third-order valence-corrected chi connectivity index (χ3v) is 5.00. The Kier molecular flexibility index (Phi) is 7.80. The zero-order chi connectivity index (χ0) is 22.9. The van der Waals surface area contributed by atoms with Crippen molar-refractivity contribution in [1.29, 1.82) is 0 Å². The van der Waals surface area contributed by atoms with Gasteiger partial charge in [-0.25, -0.2) is 14.0 Å². The summed E-state index contributed by atoms with van der Waals surface area (Å²) < 4.78 is 12.9. The summed E-state index contributed by atoms with van der Waals surface area (Å²) in [7, 11) is 0. The molecule has 0 spiro atoms. The number of carbonyl (C=O) groups excluding carboxylic acids is 3. The third kappa shape index (κ3) is 6.56. The second-order valence-corrected chi connectivity index (χ2v) is 7.41. The van der Waals surface area contributed by atoms with Crippen LogP contribution in [-0.2, 0) is 4.79 Å². The third-order valence-electron chi connectivity index (χ3n) is 5.00. The van der Waals surface area contributed by atoms with Crippen molar-refractivity contribution in [2.24, 2.45) is 5.92 Å². The maximum atomic E-state index is 12.9.